The Bertz CT molecular complexity index is 304. The van der Waals surface area contributed by atoms with Crippen LogP contribution in [0.1, 0.15) is 52.9 Å². The summed E-state index contributed by atoms with van der Waals surface area (Å²) < 4.78 is 0. The fourth-order valence-corrected chi connectivity index (χ4v) is 4.01. The minimum Gasteiger partial charge on any atom is -0.394 e. The summed E-state index contributed by atoms with van der Waals surface area (Å²) in [6.07, 6.45) is 6.36. The fraction of sp³-hybridized carbons (Fsp3) is 1.00. The van der Waals surface area contributed by atoms with Gasteiger partial charge in [0, 0.05) is 24.2 Å². The first-order valence-corrected chi connectivity index (χ1v) is 8.87. The predicted molar refractivity (Wildman–Crippen MR) is 88.6 cm³/mol. The Morgan fingerprint density at radius 2 is 1.95 bits per heavy atom. The molecule has 0 amide bonds. The average Bonchev–Trinajstić information content (AvgIpc) is 3.08. The second kappa shape index (κ2) is 7.91. The zero-order valence-electron chi connectivity index (χ0n) is 14.3. The summed E-state index contributed by atoms with van der Waals surface area (Å²) in [5, 5.41) is 13.1. The van der Waals surface area contributed by atoms with Crippen molar-refractivity contribution >= 4 is 0 Å². The molecule has 2 fully saturated rings. The molecule has 2 heterocycles. The minimum atomic E-state index is -0.123. The van der Waals surface area contributed by atoms with Crippen molar-refractivity contribution in [3.8, 4) is 0 Å². The van der Waals surface area contributed by atoms with Crippen molar-refractivity contribution in [3.05, 3.63) is 0 Å². The molecular weight excluding hydrogens is 262 g/mol. The molecule has 2 aliphatic heterocycles. The van der Waals surface area contributed by atoms with Gasteiger partial charge in [-0.3, -0.25) is 4.90 Å². The lowest BCUT2D eigenvalue weighted by Gasteiger charge is -2.32. The Balaban J connectivity index is 1.66. The normalized spacial score (nSPS) is 27.6. The van der Waals surface area contributed by atoms with E-state index >= 15 is 0 Å². The lowest BCUT2D eigenvalue weighted by atomic mass is 9.95. The molecular formula is C17H35N3O. The molecule has 4 nitrogen and oxygen atoms in total. The van der Waals surface area contributed by atoms with Gasteiger partial charge in [0.2, 0.25) is 0 Å². The van der Waals surface area contributed by atoms with Gasteiger partial charge in [-0.15, -0.1) is 0 Å². The molecule has 2 unspecified atom stereocenters. The highest BCUT2D eigenvalue weighted by atomic mass is 16.3. The predicted octanol–water partition coefficient (Wildman–Crippen LogP) is 1.69. The molecule has 2 aliphatic rings. The number of aliphatic hydroxyl groups excluding tert-OH is 1. The summed E-state index contributed by atoms with van der Waals surface area (Å²) in [7, 11) is 0. The van der Waals surface area contributed by atoms with E-state index in [0.29, 0.717) is 6.04 Å². The van der Waals surface area contributed by atoms with Crippen LogP contribution in [0.15, 0.2) is 0 Å². The second-order valence-corrected chi connectivity index (χ2v) is 7.61. The van der Waals surface area contributed by atoms with Crippen LogP contribution in [0, 0.1) is 0 Å². The van der Waals surface area contributed by atoms with E-state index in [9.17, 15) is 5.11 Å². The van der Waals surface area contributed by atoms with E-state index in [4.69, 9.17) is 0 Å². The molecule has 0 aromatic rings. The van der Waals surface area contributed by atoms with E-state index in [1.54, 1.807) is 0 Å². The topological polar surface area (TPSA) is 38.7 Å². The molecule has 21 heavy (non-hydrogen) atoms. The molecule has 0 aliphatic carbocycles. The lowest BCUT2D eigenvalue weighted by Crippen LogP contribution is -2.49. The summed E-state index contributed by atoms with van der Waals surface area (Å²) in [6.45, 7) is 13.0. The SMILES string of the molecule is CC(C)NC(C)(CO)CCCN1CCC(N2CCCC2)C1. The molecule has 0 aromatic heterocycles. The molecule has 124 valence electrons. The third-order valence-corrected chi connectivity index (χ3v) is 5.09. The van der Waals surface area contributed by atoms with Crippen LogP contribution >= 0.6 is 0 Å². The van der Waals surface area contributed by atoms with Crippen LogP contribution in [-0.4, -0.2) is 71.9 Å². The van der Waals surface area contributed by atoms with E-state index < -0.39 is 0 Å². The quantitative estimate of drug-likeness (QED) is 0.715. The van der Waals surface area contributed by atoms with Gasteiger partial charge in [0.1, 0.15) is 0 Å². The number of rotatable bonds is 8. The number of hydrogen-bond acceptors (Lipinski definition) is 4. The van der Waals surface area contributed by atoms with Crippen molar-refractivity contribution in [1.29, 1.82) is 0 Å². The highest BCUT2D eigenvalue weighted by molar-refractivity contribution is 4.87. The number of aliphatic hydroxyl groups is 1. The van der Waals surface area contributed by atoms with Crippen LogP contribution in [-0.2, 0) is 0 Å². The number of likely N-dealkylation sites (tertiary alicyclic amines) is 2. The van der Waals surface area contributed by atoms with Gasteiger partial charge in [0.15, 0.2) is 0 Å². The first-order chi connectivity index (χ1) is 10.0. The van der Waals surface area contributed by atoms with Gasteiger partial charge in [0.05, 0.1) is 6.61 Å². The third kappa shape index (κ3) is 5.20. The summed E-state index contributed by atoms with van der Waals surface area (Å²) >= 11 is 0. The number of nitrogens with one attached hydrogen (secondary N) is 1. The lowest BCUT2D eigenvalue weighted by molar-refractivity contribution is 0.149. The molecule has 0 saturated carbocycles. The van der Waals surface area contributed by atoms with E-state index in [1.165, 1.54) is 58.4 Å². The first-order valence-electron chi connectivity index (χ1n) is 8.87. The van der Waals surface area contributed by atoms with Crippen molar-refractivity contribution in [2.45, 2.75) is 70.5 Å². The number of hydrogen-bond donors (Lipinski definition) is 2. The highest BCUT2D eigenvalue weighted by Gasteiger charge is 2.29. The Morgan fingerprint density at radius 1 is 1.24 bits per heavy atom. The van der Waals surface area contributed by atoms with E-state index in [1.807, 2.05) is 0 Å². The molecule has 0 aromatic carbocycles. The van der Waals surface area contributed by atoms with Crippen molar-refractivity contribution < 1.29 is 5.11 Å². The zero-order valence-corrected chi connectivity index (χ0v) is 14.3. The summed E-state index contributed by atoms with van der Waals surface area (Å²) in [6, 6.07) is 1.24. The van der Waals surface area contributed by atoms with Crippen molar-refractivity contribution in [1.82, 2.24) is 15.1 Å². The maximum atomic E-state index is 9.63. The van der Waals surface area contributed by atoms with Crippen LogP contribution < -0.4 is 5.32 Å². The summed E-state index contributed by atoms with van der Waals surface area (Å²) in [5.74, 6) is 0. The van der Waals surface area contributed by atoms with Crippen molar-refractivity contribution in [2.75, 3.05) is 39.3 Å². The van der Waals surface area contributed by atoms with Gasteiger partial charge in [0.25, 0.3) is 0 Å². The summed E-state index contributed by atoms with van der Waals surface area (Å²) in [5.41, 5.74) is -0.123. The van der Waals surface area contributed by atoms with Gasteiger partial charge in [-0.05, 0) is 65.2 Å². The van der Waals surface area contributed by atoms with Gasteiger partial charge >= 0.3 is 0 Å². The zero-order chi connectivity index (χ0) is 15.3. The van der Waals surface area contributed by atoms with Gasteiger partial charge in [-0.25, -0.2) is 0 Å². The third-order valence-electron chi connectivity index (χ3n) is 5.09. The average molecular weight is 297 g/mol. The van der Waals surface area contributed by atoms with Gasteiger partial charge in [-0.1, -0.05) is 13.8 Å². The Hall–Kier alpha value is -0.160. The van der Waals surface area contributed by atoms with Crippen LogP contribution in [0.3, 0.4) is 0 Å². The van der Waals surface area contributed by atoms with Crippen molar-refractivity contribution in [2.24, 2.45) is 0 Å². The molecule has 2 N–H and O–H groups in total. The van der Waals surface area contributed by atoms with E-state index in [2.05, 4.69) is 35.9 Å². The van der Waals surface area contributed by atoms with Crippen LogP contribution in [0.5, 0.6) is 0 Å². The van der Waals surface area contributed by atoms with Gasteiger partial charge < -0.3 is 15.3 Å². The van der Waals surface area contributed by atoms with Gasteiger partial charge in [-0.2, -0.15) is 0 Å². The van der Waals surface area contributed by atoms with Crippen LogP contribution in [0.2, 0.25) is 0 Å². The standard InChI is InChI=1S/C17H35N3O/c1-15(2)18-17(3,14-21)8-6-9-19-12-7-16(13-19)20-10-4-5-11-20/h15-16,18,21H,4-14H2,1-3H3. The molecule has 2 saturated heterocycles. The Labute approximate surface area is 130 Å². The van der Waals surface area contributed by atoms with Crippen LogP contribution in [0.25, 0.3) is 0 Å². The molecule has 2 atom stereocenters. The highest BCUT2D eigenvalue weighted by Crippen LogP contribution is 2.21. The van der Waals surface area contributed by atoms with Crippen molar-refractivity contribution in [3.63, 3.8) is 0 Å². The largest absolute Gasteiger partial charge is 0.394 e. The molecule has 0 bridgehead atoms. The second-order valence-electron chi connectivity index (χ2n) is 7.61. The van der Waals surface area contributed by atoms with Crippen LogP contribution in [0.4, 0.5) is 0 Å². The molecule has 0 radical (unpaired) electrons. The number of nitrogens with zero attached hydrogens (tertiary/aromatic N) is 2. The smallest absolute Gasteiger partial charge is 0.0610 e. The molecule has 0 spiro atoms. The fourth-order valence-electron chi connectivity index (χ4n) is 4.01. The van der Waals surface area contributed by atoms with E-state index in [0.717, 1.165) is 12.5 Å². The minimum absolute atomic E-state index is 0.123. The Morgan fingerprint density at radius 3 is 2.57 bits per heavy atom. The molecule has 4 heteroatoms. The monoisotopic (exact) mass is 297 g/mol. The maximum absolute atomic E-state index is 9.63. The molecule has 2 rings (SSSR count). The summed E-state index contributed by atoms with van der Waals surface area (Å²) in [4.78, 5) is 5.31. The first kappa shape index (κ1) is 17.2. The maximum Gasteiger partial charge on any atom is 0.0610 e. The Kier molecular flexibility index (Phi) is 6.48. The van der Waals surface area contributed by atoms with E-state index in [-0.39, 0.29) is 12.1 Å².